The van der Waals surface area contributed by atoms with Gasteiger partial charge < -0.3 is 16.4 Å². The third-order valence-electron chi connectivity index (χ3n) is 4.35. The smallest absolute Gasteiger partial charge is 0.179 e. The van der Waals surface area contributed by atoms with E-state index >= 15 is 0 Å². The van der Waals surface area contributed by atoms with Crippen LogP contribution in [0.2, 0.25) is 0 Å². The number of aromatic nitrogens is 2. The fourth-order valence-corrected chi connectivity index (χ4v) is 2.44. The number of nitrogen functional groups attached to an aromatic ring is 2. The summed E-state index contributed by atoms with van der Waals surface area (Å²) in [5.41, 5.74) is 14.8. The minimum atomic E-state index is -0.0963. The number of benzene rings is 1. The number of Topliss-reactive ketones (excluding diaryl/α,β-unsaturated/α-hetero) is 1. The summed E-state index contributed by atoms with van der Waals surface area (Å²) in [6.07, 6.45) is 9.64. The van der Waals surface area contributed by atoms with Gasteiger partial charge in [-0.1, -0.05) is 19.8 Å². The number of hydrogen-bond donors (Lipinski definition) is 2. The van der Waals surface area contributed by atoms with Gasteiger partial charge in [0.15, 0.2) is 11.6 Å². The van der Waals surface area contributed by atoms with Crippen LogP contribution in [0, 0.1) is 5.92 Å². The number of anilines is 3. The highest BCUT2D eigenvalue weighted by molar-refractivity contribution is 5.96. The molecule has 2 aromatic rings. The predicted octanol–water partition coefficient (Wildman–Crippen LogP) is 3.05. The number of nitrogens with zero attached hydrogens (tertiary/aromatic N) is 4. The van der Waals surface area contributed by atoms with Gasteiger partial charge in [0.1, 0.15) is 5.70 Å². The van der Waals surface area contributed by atoms with Crippen molar-refractivity contribution in [3.8, 4) is 11.4 Å². The van der Waals surface area contributed by atoms with Crippen LogP contribution in [-0.2, 0) is 4.79 Å². The highest BCUT2D eigenvalue weighted by Crippen LogP contribution is 2.34. The lowest BCUT2D eigenvalue weighted by Crippen LogP contribution is -2.24. The second-order valence-electron chi connectivity index (χ2n) is 6.79. The van der Waals surface area contributed by atoms with E-state index in [9.17, 15) is 4.79 Å². The van der Waals surface area contributed by atoms with Gasteiger partial charge in [0.25, 0.3) is 0 Å². The lowest BCUT2D eigenvalue weighted by atomic mass is 10.1. The molecule has 2 heterocycles. The van der Waals surface area contributed by atoms with E-state index in [1.807, 2.05) is 11.0 Å². The molecule has 0 spiro atoms. The SMILES string of the molecule is CC(=O)C1=CN(c2cc(N)c(N)c(-c3ncccn3)c2)CC=N1.CC1CC1. The van der Waals surface area contributed by atoms with Crippen molar-refractivity contribution in [2.45, 2.75) is 26.7 Å². The van der Waals surface area contributed by atoms with Gasteiger partial charge in [0, 0.05) is 43.0 Å². The van der Waals surface area contributed by atoms with Crippen molar-refractivity contribution in [3.63, 3.8) is 0 Å². The Kier molecular flexibility index (Phi) is 5.49. The van der Waals surface area contributed by atoms with Crippen molar-refractivity contribution in [1.29, 1.82) is 0 Å². The van der Waals surface area contributed by atoms with E-state index in [1.165, 1.54) is 19.8 Å². The number of ketones is 1. The lowest BCUT2D eigenvalue weighted by Gasteiger charge is -2.23. The highest BCUT2D eigenvalue weighted by Gasteiger charge is 2.16. The number of allylic oxidation sites excluding steroid dienone is 1. The van der Waals surface area contributed by atoms with Crippen LogP contribution in [0.1, 0.15) is 26.7 Å². The molecule has 1 aliphatic heterocycles. The zero-order valence-electron chi connectivity index (χ0n) is 15.6. The third-order valence-corrected chi connectivity index (χ3v) is 4.35. The zero-order chi connectivity index (χ0) is 19.4. The van der Waals surface area contributed by atoms with Crippen LogP contribution in [0.5, 0.6) is 0 Å². The summed E-state index contributed by atoms with van der Waals surface area (Å²) in [4.78, 5) is 25.9. The molecule has 0 unspecified atom stereocenters. The maximum Gasteiger partial charge on any atom is 0.179 e. The molecule has 7 nitrogen and oxygen atoms in total. The first-order chi connectivity index (χ1) is 13.0. The normalized spacial score (nSPS) is 15.6. The molecule has 2 aliphatic rings. The Morgan fingerprint density at radius 3 is 2.44 bits per heavy atom. The lowest BCUT2D eigenvalue weighted by molar-refractivity contribution is -0.113. The molecule has 4 N–H and O–H groups in total. The fourth-order valence-electron chi connectivity index (χ4n) is 2.44. The maximum atomic E-state index is 11.5. The Balaban J connectivity index is 0.000000466. The molecular weight excluding hydrogens is 340 g/mol. The largest absolute Gasteiger partial charge is 0.397 e. The summed E-state index contributed by atoms with van der Waals surface area (Å²) in [6, 6.07) is 5.35. The number of carbonyl (C=O) groups is 1. The minimum Gasteiger partial charge on any atom is -0.397 e. The molecule has 0 radical (unpaired) electrons. The topological polar surface area (TPSA) is 110 Å². The number of nitrogens with two attached hydrogens (primary N) is 2. The molecule has 1 fully saturated rings. The van der Waals surface area contributed by atoms with E-state index < -0.39 is 0 Å². The molecule has 0 atom stereocenters. The Morgan fingerprint density at radius 1 is 1.19 bits per heavy atom. The summed E-state index contributed by atoms with van der Waals surface area (Å²) in [7, 11) is 0. The third kappa shape index (κ3) is 4.69. The number of hydrogen-bond acceptors (Lipinski definition) is 7. The zero-order valence-corrected chi connectivity index (χ0v) is 15.6. The molecule has 7 heteroatoms. The first-order valence-corrected chi connectivity index (χ1v) is 8.94. The number of rotatable bonds is 3. The standard InChI is InChI=1S/C16H16N6O.C4H8/c1-10(23)14-9-22(6-5-19-14)11-7-12(15(18)13(17)8-11)16-20-3-2-4-21-16;1-4-2-3-4/h2-5,7-9H,6,17-18H2,1H3;4H,2-3H2,1H3. The van der Waals surface area contributed by atoms with E-state index in [-0.39, 0.29) is 5.78 Å². The molecule has 1 aliphatic carbocycles. The first kappa shape index (κ1) is 18.6. The van der Waals surface area contributed by atoms with Crippen molar-refractivity contribution in [1.82, 2.24) is 9.97 Å². The second kappa shape index (κ2) is 7.99. The van der Waals surface area contributed by atoms with Crippen LogP contribution in [-0.4, -0.2) is 28.5 Å². The van der Waals surface area contributed by atoms with E-state index in [2.05, 4.69) is 21.9 Å². The summed E-state index contributed by atoms with van der Waals surface area (Å²) in [5.74, 6) is 1.49. The van der Waals surface area contributed by atoms with Crippen molar-refractivity contribution >= 4 is 29.1 Å². The first-order valence-electron chi connectivity index (χ1n) is 8.94. The fraction of sp³-hybridized carbons (Fsp3) is 0.300. The molecule has 1 saturated carbocycles. The van der Waals surface area contributed by atoms with Crippen LogP contribution in [0.4, 0.5) is 17.1 Å². The molecule has 0 bridgehead atoms. The summed E-state index contributed by atoms with van der Waals surface area (Å²) in [6.45, 7) is 4.29. The van der Waals surface area contributed by atoms with Gasteiger partial charge in [0.2, 0.25) is 0 Å². The average molecular weight is 364 g/mol. The molecule has 140 valence electrons. The van der Waals surface area contributed by atoms with Gasteiger partial charge in [-0.3, -0.25) is 9.79 Å². The maximum absolute atomic E-state index is 11.5. The summed E-state index contributed by atoms with van der Waals surface area (Å²) < 4.78 is 0. The predicted molar refractivity (Wildman–Crippen MR) is 109 cm³/mol. The molecule has 0 amide bonds. The Hall–Kier alpha value is -3.22. The van der Waals surface area contributed by atoms with Crippen LogP contribution in [0.15, 0.2) is 47.5 Å². The van der Waals surface area contributed by atoms with Crippen LogP contribution >= 0.6 is 0 Å². The van der Waals surface area contributed by atoms with E-state index in [4.69, 9.17) is 11.5 Å². The van der Waals surface area contributed by atoms with Gasteiger partial charge in [0.05, 0.1) is 17.9 Å². The molecule has 4 rings (SSSR count). The molecule has 1 aromatic carbocycles. The van der Waals surface area contributed by atoms with Gasteiger partial charge >= 0.3 is 0 Å². The molecular formula is C20H24N6O. The molecule has 0 saturated heterocycles. The Bertz CT molecular complexity index is 887. The second-order valence-corrected chi connectivity index (χ2v) is 6.79. The van der Waals surface area contributed by atoms with Crippen molar-refractivity contribution in [2.24, 2.45) is 10.9 Å². The summed E-state index contributed by atoms with van der Waals surface area (Å²) in [5, 5.41) is 0. The van der Waals surface area contributed by atoms with Crippen LogP contribution in [0.3, 0.4) is 0 Å². The Morgan fingerprint density at radius 2 is 1.85 bits per heavy atom. The van der Waals surface area contributed by atoms with Crippen LogP contribution in [0.25, 0.3) is 11.4 Å². The van der Waals surface area contributed by atoms with Gasteiger partial charge in [-0.25, -0.2) is 9.97 Å². The van der Waals surface area contributed by atoms with Crippen molar-refractivity contribution in [2.75, 3.05) is 22.9 Å². The van der Waals surface area contributed by atoms with Gasteiger partial charge in [-0.15, -0.1) is 0 Å². The minimum absolute atomic E-state index is 0.0963. The number of carbonyl (C=O) groups excluding carboxylic acids is 1. The van der Waals surface area contributed by atoms with Crippen LogP contribution < -0.4 is 16.4 Å². The monoisotopic (exact) mass is 364 g/mol. The summed E-state index contributed by atoms with van der Waals surface area (Å²) >= 11 is 0. The molecule has 27 heavy (non-hydrogen) atoms. The van der Waals surface area contributed by atoms with E-state index in [0.29, 0.717) is 35.0 Å². The average Bonchev–Trinajstić information content (AvgIpc) is 3.47. The number of aliphatic imine (C=N–C) groups is 1. The molecule has 1 aromatic heterocycles. The quantitative estimate of drug-likeness (QED) is 0.810. The highest BCUT2D eigenvalue weighted by atomic mass is 16.1. The van der Waals surface area contributed by atoms with E-state index in [0.717, 1.165) is 11.6 Å². The van der Waals surface area contributed by atoms with Crippen molar-refractivity contribution < 1.29 is 4.79 Å². The Labute approximate surface area is 158 Å². The van der Waals surface area contributed by atoms with E-state index in [1.54, 1.807) is 36.9 Å². The van der Waals surface area contributed by atoms with Gasteiger partial charge in [-0.2, -0.15) is 0 Å². The van der Waals surface area contributed by atoms with Crippen molar-refractivity contribution in [3.05, 3.63) is 42.5 Å². The van der Waals surface area contributed by atoms with Gasteiger partial charge in [-0.05, 0) is 24.1 Å².